The number of esters is 1. The SMILES string of the molecule is CCOC(=O)c1c(C)nn(C)c1NC(=O)Cc1cccs1. The van der Waals surface area contributed by atoms with Crippen molar-refractivity contribution in [1.82, 2.24) is 9.78 Å². The molecular weight excluding hydrogens is 290 g/mol. The van der Waals surface area contributed by atoms with Crippen molar-refractivity contribution in [2.45, 2.75) is 20.3 Å². The third-order valence-corrected chi connectivity index (χ3v) is 3.75. The van der Waals surface area contributed by atoms with Gasteiger partial charge in [-0.3, -0.25) is 9.48 Å². The van der Waals surface area contributed by atoms with E-state index in [-0.39, 0.29) is 18.9 Å². The van der Waals surface area contributed by atoms with E-state index in [1.807, 2.05) is 17.5 Å². The maximum absolute atomic E-state index is 12.1. The van der Waals surface area contributed by atoms with Crippen LogP contribution in [0.1, 0.15) is 27.9 Å². The van der Waals surface area contributed by atoms with Gasteiger partial charge in [-0.15, -0.1) is 11.3 Å². The minimum Gasteiger partial charge on any atom is -0.462 e. The largest absolute Gasteiger partial charge is 0.462 e. The first kappa shape index (κ1) is 15.2. The van der Waals surface area contributed by atoms with Gasteiger partial charge >= 0.3 is 5.97 Å². The van der Waals surface area contributed by atoms with Crippen molar-refractivity contribution in [1.29, 1.82) is 0 Å². The van der Waals surface area contributed by atoms with Gasteiger partial charge in [0.1, 0.15) is 11.4 Å². The monoisotopic (exact) mass is 307 g/mol. The number of carbonyl (C=O) groups excluding carboxylic acids is 2. The van der Waals surface area contributed by atoms with Crippen molar-refractivity contribution in [3.8, 4) is 0 Å². The summed E-state index contributed by atoms with van der Waals surface area (Å²) in [5.41, 5.74) is 0.834. The normalized spacial score (nSPS) is 10.4. The van der Waals surface area contributed by atoms with Crippen LogP contribution in [0.3, 0.4) is 0 Å². The van der Waals surface area contributed by atoms with Crippen LogP contribution in [0.2, 0.25) is 0 Å². The fourth-order valence-electron chi connectivity index (χ4n) is 2.00. The highest BCUT2D eigenvalue weighted by Gasteiger charge is 2.23. The third-order valence-electron chi connectivity index (χ3n) is 2.87. The predicted octanol–water partition coefficient (Wildman–Crippen LogP) is 2.15. The fraction of sp³-hybridized carbons (Fsp3) is 0.357. The number of hydrogen-bond donors (Lipinski definition) is 1. The molecule has 0 bridgehead atoms. The molecule has 0 saturated carbocycles. The summed E-state index contributed by atoms with van der Waals surface area (Å²) in [4.78, 5) is 25.0. The number of thiophene rings is 1. The van der Waals surface area contributed by atoms with E-state index in [0.717, 1.165) is 4.88 Å². The average molecular weight is 307 g/mol. The smallest absolute Gasteiger partial charge is 0.343 e. The van der Waals surface area contributed by atoms with Crippen molar-refractivity contribution < 1.29 is 14.3 Å². The highest BCUT2D eigenvalue weighted by Crippen LogP contribution is 2.20. The Morgan fingerprint density at radius 3 is 2.86 bits per heavy atom. The van der Waals surface area contributed by atoms with Gasteiger partial charge in [-0.2, -0.15) is 5.10 Å². The average Bonchev–Trinajstić information content (AvgIpc) is 2.99. The van der Waals surface area contributed by atoms with E-state index in [1.54, 1.807) is 20.9 Å². The zero-order valence-electron chi connectivity index (χ0n) is 12.2. The van der Waals surface area contributed by atoms with Crippen molar-refractivity contribution in [3.63, 3.8) is 0 Å². The van der Waals surface area contributed by atoms with E-state index < -0.39 is 5.97 Å². The van der Waals surface area contributed by atoms with Crippen LogP contribution in [0, 0.1) is 6.92 Å². The van der Waals surface area contributed by atoms with Crippen molar-refractivity contribution in [3.05, 3.63) is 33.6 Å². The Kier molecular flexibility index (Phi) is 4.74. The first-order chi connectivity index (χ1) is 10.0. The van der Waals surface area contributed by atoms with Crippen LogP contribution in [0.4, 0.5) is 5.82 Å². The van der Waals surface area contributed by atoms with Crippen LogP contribution < -0.4 is 5.32 Å². The molecular formula is C14H17N3O3S. The quantitative estimate of drug-likeness (QED) is 0.859. The molecule has 112 valence electrons. The van der Waals surface area contributed by atoms with Gasteiger partial charge in [0.2, 0.25) is 5.91 Å². The van der Waals surface area contributed by atoms with Gasteiger partial charge in [0.05, 0.1) is 18.7 Å². The standard InChI is InChI=1S/C14H17N3O3S/c1-4-20-14(19)12-9(2)16-17(3)13(12)15-11(18)8-10-6-5-7-21-10/h5-7H,4,8H2,1-3H3,(H,15,18). The zero-order chi connectivity index (χ0) is 15.4. The number of carbonyl (C=O) groups is 2. The Labute approximate surface area is 126 Å². The zero-order valence-corrected chi connectivity index (χ0v) is 13.0. The predicted molar refractivity (Wildman–Crippen MR) is 80.6 cm³/mol. The number of amides is 1. The van der Waals surface area contributed by atoms with Crippen LogP contribution in [-0.2, 0) is 23.0 Å². The molecule has 2 rings (SSSR count). The van der Waals surface area contributed by atoms with Gasteiger partial charge in [-0.1, -0.05) is 6.07 Å². The summed E-state index contributed by atoms with van der Waals surface area (Å²) < 4.78 is 6.49. The van der Waals surface area contributed by atoms with E-state index in [9.17, 15) is 9.59 Å². The van der Waals surface area contributed by atoms with Gasteiger partial charge in [-0.05, 0) is 25.3 Å². The summed E-state index contributed by atoms with van der Waals surface area (Å²) in [6.07, 6.45) is 0.268. The van der Waals surface area contributed by atoms with E-state index in [2.05, 4.69) is 10.4 Å². The number of ether oxygens (including phenoxy) is 1. The van der Waals surface area contributed by atoms with Crippen LogP contribution in [-0.4, -0.2) is 28.3 Å². The number of nitrogens with zero attached hydrogens (tertiary/aromatic N) is 2. The molecule has 0 atom stereocenters. The Morgan fingerprint density at radius 1 is 1.48 bits per heavy atom. The molecule has 0 aromatic carbocycles. The number of aryl methyl sites for hydroxylation is 2. The third kappa shape index (κ3) is 3.49. The molecule has 0 saturated heterocycles. The molecule has 1 amide bonds. The lowest BCUT2D eigenvalue weighted by atomic mass is 10.2. The highest BCUT2D eigenvalue weighted by atomic mass is 32.1. The summed E-state index contributed by atoms with van der Waals surface area (Å²) >= 11 is 1.51. The lowest BCUT2D eigenvalue weighted by molar-refractivity contribution is -0.115. The summed E-state index contributed by atoms with van der Waals surface area (Å²) in [7, 11) is 1.68. The van der Waals surface area contributed by atoms with Crippen molar-refractivity contribution >= 4 is 29.0 Å². The number of aromatic nitrogens is 2. The van der Waals surface area contributed by atoms with Crippen LogP contribution in [0.5, 0.6) is 0 Å². The van der Waals surface area contributed by atoms with E-state index in [0.29, 0.717) is 17.1 Å². The first-order valence-electron chi connectivity index (χ1n) is 6.55. The number of hydrogen-bond acceptors (Lipinski definition) is 5. The van der Waals surface area contributed by atoms with Crippen LogP contribution in [0.25, 0.3) is 0 Å². The molecule has 0 radical (unpaired) electrons. The minimum atomic E-state index is -0.477. The molecule has 1 N–H and O–H groups in total. The molecule has 0 aliphatic carbocycles. The fourth-order valence-corrected chi connectivity index (χ4v) is 2.70. The molecule has 0 unspecified atom stereocenters. The number of nitrogens with one attached hydrogen (secondary N) is 1. The van der Waals surface area contributed by atoms with Gasteiger partial charge in [0.25, 0.3) is 0 Å². The van der Waals surface area contributed by atoms with Gasteiger partial charge in [0, 0.05) is 11.9 Å². The Balaban J connectivity index is 2.19. The molecule has 6 nitrogen and oxygen atoms in total. The lowest BCUT2D eigenvalue weighted by Crippen LogP contribution is -2.19. The maximum Gasteiger partial charge on any atom is 0.343 e. The summed E-state index contributed by atoms with van der Waals surface area (Å²) in [5.74, 6) is -0.298. The minimum absolute atomic E-state index is 0.189. The maximum atomic E-state index is 12.1. The molecule has 0 spiro atoms. The van der Waals surface area contributed by atoms with E-state index in [1.165, 1.54) is 16.0 Å². The summed E-state index contributed by atoms with van der Waals surface area (Å²) in [5, 5.41) is 8.83. The van der Waals surface area contributed by atoms with Crippen molar-refractivity contribution in [2.24, 2.45) is 7.05 Å². The first-order valence-corrected chi connectivity index (χ1v) is 7.43. The lowest BCUT2D eigenvalue weighted by Gasteiger charge is -2.08. The topological polar surface area (TPSA) is 73.2 Å². The van der Waals surface area contributed by atoms with Gasteiger partial charge in [-0.25, -0.2) is 4.79 Å². The Morgan fingerprint density at radius 2 is 2.24 bits per heavy atom. The Hall–Kier alpha value is -2.15. The van der Waals surface area contributed by atoms with Crippen molar-refractivity contribution in [2.75, 3.05) is 11.9 Å². The molecule has 0 fully saturated rings. The van der Waals surface area contributed by atoms with E-state index >= 15 is 0 Å². The molecule has 2 heterocycles. The van der Waals surface area contributed by atoms with Crippen LogP contribution in [0.15, 0.2) is 17.5 Å². The summed E-state index contributed by atoms with van der Waals surface area (Å²) in [6, 6.07) is 3.79. The molecule has 21 heavy (non-hydrogen) atoms. The molecule has 0 aliphatic heterocycles. The van der Waals surface area contributed by atoms with E-state index in [4.69, 9.17) is 4.74 Å². The second-order valence-electron chi connectivity index (χ2n) is 4.46. The van der Waals surface area contributed by atoms with Crippen LogP contribution >= 0.6 is 11.3 Å². The summed E-state index contributed by atoms with van der Waals surface area (Å²) in [6.45, 7) is 3.72. The molecule has 2 aromatic rings. The molecule has 2 aromatic heterocycles. The van der Waals surface area contributed by atoms with Gasteiger partial charge < -0.3 is 10.1 Å². The highest BCUT2D eigenvalue weighted by molar-refractivity contribution is 7.10. The van der Waals surface area contributed by atoms with Gasteiger partial charge in [0.15, 0.2) is 0 Å². The Bertz CT molecular complexity index is 647. The number of rotatable bonds is 5. The number of anilines is 1. The second kappa shape index (κ2) is 6.53. The second-order valence-corrected chi connectivity index (χ2v) is 5.49. The molecule has 0 aliphatic rings. The molecule has 7 heteroatoms.